The van der Waals surface area contributed by atoms with Crippen LogP contribution in [0.4, 0.5) is 0 Å². The van der Waals surface area contributed by atoms with E-state index < -0.39 is 40.1 Å². The van der Waals surface area contributed by atoms with Gasteiger partial charge in [-0.1, -0.05) is 19.4 Å². The second-order valence-electron chi connectivity index (χ2n) is 10.4. The van der Waals surface area contributed by atoms with Crippen LogP contribution in [-0.4, -0.2) is 50.3 Å². The molecular formula is C26H38O8. The third-order valence-corrected chi connectivity index (χ3v) is 8.27. The van der Waals surface area contributed by atoms with Crippen LogP contribution >= 0.6 is 0 Å². The fraction of sp³-hybridized carbons (Fsp3) is 0.769. The second-order valence-corrected chi connectivity index (χ2v) is 10.4. The van der Waals surface area contributed by atoms with Crippen LogP contribution in [0.15, 0.2) is 11.1 Å². The predicted octanol–water partition coefficient (Wildman–Crippen LogP) is 3.76. The minimum Gasteiger partial charge on any atom is -0.465 e. The zero-order chi connectivity index (χ0) is 25.5. The van der Waals surface area contributed by atoms with Crippen LogP contribution in [0.3, 0.4) is 0 Å². The molecule has 0 aromatic rings. The van der Waals surface area contributed by atoms with E-state index in [1.165, 1.54) is 0 Å². The number of esters is 4. The molecule has 8 nitrogen and oxygen atoms in total. The lowest BCUT2D eigenvalue weighted by Crippen LogP contribution is -2.44. The number of carbonyl (C=O) groups excluding carboxylic acids is 4. The molecular weight excluding hydrogens is 440 g/mol. The highest BCUT2D eigenvalue weighted by Crippen LogP contribution is 2.76. The van der Waals surface area contributed by atoms with E-state index in [4.69, 9.17) is 18.9 Å². The van der Waals surface area contributed by atoms with Crippen molar-refractivity contribution in [2.45, 2.75) is 74.1 Å². The van der Waals surface area contributed by atoms with E-state index in [-0.39, 0.29) is 57.0 Å². The Morgan fingerprint density at radius 1 is 0.765 bits per heavy atom. The van der Waals surface area contributed by atoms with Gasteiger partial charge in [0.25, 0.3) is 0 Å². The summed E-state index contributed by atoms with van der Waals surface area (Å²) in [5.74, 6) is -2.61. The van der Waals surface area contributed by atoms with Crippen LogP contribution in [-0.2, 0) is 38.1 Å². The normalized spacial score (nSPS) is 27.6. The molecule has 2 saturated carbocycles. The Morgan fingerprint density at radius 3 is 1.65 bits per heavy atom. The van der Waals surface area contributed by atoms with Crippen molar-refractivity contribution in [3.63, 3.8) is 0 Å². The Kier molecular flexibility index (Phi) is 6.95. The van der Waals surface area contributed by atoms with E-state index in [1.54, 1.807) is 34.6 Å². The van der Waals surface area contributed by atoms with Crippen molar-refractivity contribution in [3.05, 3.63) is 11.1 Å². The first-order chi connectivity index (χ1) is 15.9. The molecule has 0 aliphatic heterocycles. The summed E-state index contributed by atoms with van der Waals surface area (Å²) in [6.07, 6.45) is 1.16. The van der Waals surface area contributed by atoms with Gasteiger partial charge in [0.15, 0.2) is 10.8 Å². The molecule has 190 valence electrons. The summed E-state index contributed by atoms with van der Waals surface area (Å²) in [7, 11) is 0. The van der Waals surface area contributed by atoms with E-state index in [9.17, 15) is 19.2 Å². The van der Waals surface area contributed by atoms with Gasteiger partial charge in [-0.2, -0.15) is 0 Å². The SMILES string of the molecule is CCOC(=O)C1(C(=O)OCC)C[C@H]2C(C)(C)CC3=C(C)C(C(=O)OCC)(C(=O)OCC)CC32C1. The molecule has 2 fully saturated rings. The Labute approximate surface area is 201 Å². The van der Waals surface area contributed by atoms with Gasteiger partial charge in [0.05, 0.1) is 26.4 Å². The molecule has 3 aliphatic rings. The summed E-state index contributed by atoms with van der Waals surface area (Å²) in [5, 5.41) is 0. The molecule has 8 heteroatoms. The maximum absolute atomic E-state index is 13.4. The van der Waals surface area contributed by atoms with Crippen LogP contribution in [0.2, 0.25) is 0 Å². The molecule has 3 rings (SSSR count). The van der Waals surface area contributed by atoms with E-state index >= 15 is 0 Å². The summed E-state index contributed by atoms with van der Waals surface area (Å²) in [4.78, 5) is 53.3. The maximum Gasteiger partial charge on any atom is 0.327 e. The van der Waals surface area contributed by atoms with Crippen molar-refractivity contribution in [1.82, 2.24) is 0 Å². The average Bonchev–Trinajstić information content (AvgIpc) is 3.31. The summed E-state index contributed by atoms with van der Waals surface area (Å²) in [6.45, 7) is 13.3. The summed E-state index contributed by atoms with van der Waals surface area (Å²) in [6, 6.07) is 0. The van der Waals surface area contributed by atoms with Crippen molar-refractivity contribution in [3.8, 4) is 0 Å². The van der Waals surface area contributed by atoms with Gasteiger partial charge < -0.3 is 18.9 Å². The standard InChI is InChI=1S/C26H38O8/c1-8-31-19(27)24(20(28)32-9-2)13-18-23(6,7)12-17-16(5)26(21(29)33-10-3,22(30)34-11-4)15-25(17,18)14-24/h18H,8-15H2,1-7H3/t18-,25?/m0/s1. The van der Waals surface area contributed by atoms with Crippen LogP contribution in [0.1, 0.15) is 74.1 Å². The molecule has 0 bridgehead atoms. The van der Waals surface area contributed by atoms with E-state index in [0.717, 1.165) is 5.57 Å². The largest absolute Gasteiger partial charge is 0.465 e. The third kappa shape index (κ3) is 3.47. The first kappa shape index (κ1) is 26.2. The van der Waals surface area contributed by atoms with Crippen LogP contribution in [0, 0.1) is 27.6 Å². The number of allylic oxidation sites excluding steroid dienone is 1. The fourth-order valence-corrected chi connectivity index (χ4v) is 7.01. The Morgan fingerprint density at radius 2 is 1.21 bits per heavy atom. The maximum atomic E-state index is 13.4. The molecule has 0 N–H and O–H groups in total. The topological polar surface area (TPSA) is 105 Å². The Balaban J connectivity index is 2.21. The van der Waals surface area contributed by atoms with Gasteiger partial charge in [-0.3, -0.25) is 19.2 Å². The molecule has 0 aromatic heterocycles. The molecule has 0 amide bonds. The molecule has 34 heavy (non-hydrogen) atoms. The molecule has 1 spiro atoms. The minimum absolute atomic E-state index is 0.119. The zero-order valence-corrected chi connectivity index (χ0v) is 21.5. The summed E-state index contributed by atoms with van der Waals surface area (Å²) < 4.78 is 21.6. The lowest BCUT2D eigenvalue weighted by atomic mass is 9.67. The molecule has 3 aliphatic carbocycles. The van der Waals surface area contributed by atoms with Gasteiger partial charge in [0, 0.05) is 0 Å². The monoisotopic (exact) mass is 478 g/mol. The number of rotatable bonds is 8. The Bertz CT molecular complexity index is 878. The quantitative estimate of drug-likeness (QED) is 0.225. The Hall–Kier alpha value is -2.38. The van der Waals surface area contributed by atoms with Gasteiger partial charge in [-0.15, -0.1) is 0 Å². The first-order valence-corrected chi connectivity index (χ1v) is 12.3. The van der Waals surface area contributed by atoms with Gasteiger partial charge in [0.1, 0.15) is 0 Å². The van der Waals surface area contributed by atoms with Gasteiger partial charge in [-0.05, 0) is 82.6 Å². The van der Waals surface area contributed by atoms with Gasteiger partial charge in [0.2, 0.25) is 0 Å². The van der Waals surface area contributed by atoms with Crippen molar-refractivity contribution in [1.29, 1.82) is 0 Å². The van der Waals surface area contributed by atoms with Crippen LogP contribution in [0.25, 0.3) is 0 Å². The van der Waals surface area contributed by atoms with Gasteiger partial charge >= 0.3 is 23.9 Å². The number of hydrogen-bond donors (Lipinski definition) is 0. The lowest BCUT2D eigenvalue weighted by Gasteiger charge is -2.36. The number of hydrogen-bond acceptors (Lipinski definition) is 8. The highest BCUT2D eigenvalue weighted by Gasteiger charge is 2.76. The first-order valence-electron chi connectivity index (χ1n) is 12.3. The predicted molar refractivity (Wildman–Crippen MR) is 122 cm³/mol. The molecule has 0 heterocycles. The second kappa shape index (κ2) is 9.00. The fourth-order valence-electron chi connectivity index (χ4n) is 7.01. The number of carbonyl (C=O) groups is 4. The third-order valence-electron chi connectivity index (χ3n) is 8.27. The molecule has 2 atom stereocenters. The molecule has 0 radical (unpaired) electrons. The van der Waals surface area contributed by atoms with E-state index in [1.807, 2.05) is 0 Å². The van der Waals surface area contributed by atoms with Crippen LogP contribution < -0.4 is 0 Å². The van der Waals surface area contributed by atoms with Crippen molar-refractivity contribution in [2.24, 2.45) is 27.6 Å². The van der Waals surface area contributed by atoms with E-state index in [0.29, 0.717) is 12.0 Å². The summed E-state index contributed by atoms with van der Waals surface area (Å²) >= 11 is 0. The molecule has 0 aromatic carbocycles. The minimum atomic E-state index is -1.59. The molecule has 1 unspecified atom stereocenters. The lowest BCUT2D eigenvalue weighted by molar-refractivity contribution is -0.172. The van der Waals surface area contributed by atoms with Crippen molar-refractivity contribution < 1.29 is 38.1 Å². The van der Waals surface area contributed by atoms with Crippen LogP contribution in [0.5, 0.6) is 0 Å². The van der Waals surface area contributed by atoms with E-state index in [2.05, 4.69) is 13.8 Å². The smallest absolute Gasteiger partial charge is 0.327 e. The highest BCUT2D eigenvalue weighted by molar-refractivity contribution is 6.05. The highest BCUT2D eigenvalue weighted by atomic mass is 16.6. The van der Waals surface area contributed by atoms with Crippen molar-refractivity contribution >= 4 is 23.9 Å². The average molecular weight is 479 g/mol. The summed E-state index contributed by atoms with van der Waals surface area (Å²) in [5.41, 5.74) is -2.46. The van der Waals surface area contributed by atoms with Gasteiger partial charge in [-0.25, -0.2) is 0 Å². The number of ether oxygens (including phenoxy) is 4. The molecule has 0 saturated heterocycles. The zero-order valence-electron chi connectivity index (χ0n) is 21.5. The van der Waals surface area contributed by atoms with Crippen molar-refractivity contribution in [2.75, 3.05) is 26.4 Å².